The molecule has 0 fully saturated rings. The number of hydrogen-bond acceptors (Lipinski definition) is 25. The van der Waals surface area contributed by atoms with E-state index in [9.17, 15) is 9.59 Å². The number of fused-ring (bicyclic) bond motifs is 4. The predicted octanol–water partition coefficient (Wildman–Crippen LogP) is 20.2. The van der Waals surface area contributed by atoms with Crippen LogP contribution in [0.2, 0.25) is 0 Å². The van der Waals surface area contributed by atoms with Crippen LogP contribution in [0.3, 0.4) is 0 Å². The number of benzene rings is 8. The van der Waals surface area contributed by atoms with Crippen LogP contribution in [0.25, 0.3) is 128 Å². The first-order valence-electron chi connectivity index (χ1n) is 38.6. The number of allylic oxidation sites excluding steroid dienone is 4. The summed E-state index contributed by atoms with van der Waals surface area (Å²) in [7, 11) is 8.16. The molecule has 30 heteroatoms. The minimum Gasteiger partial charge on any atom is -0.495 e. The van der Waals surface area contributed by atoms with E-state index in [-0.39, 0.29) is 11.7 Å². The van der Waals surface area contributed by atoms with E-state index in [2.05, 4.69) is 168 Å². The van der Waals surface area contributed by atoms with E-state index in [1.165, 1.54) is 36.6 Å². The van der Waals surface area contributed by atoms with Crippen LogP contribution in [0.1, 0.15) is 39.1 Å². The fourth-order valence-electron chi connectivity index (χ4n) is 14.0. The summed E-state index contributed by atoms with van der Waals surface area (Å²) in [6.45, 7) is 1.55. The number of thiophene rings is 1. The maximum atomic E-state index is 12.0. The Morgan fingerprint density at radius 1 is 0.382 bits per heavy atom. The van der Waals surface area contributed by atoms with Crippen molar-refractivity contribution in [3.05, 3.63) is 296 Å². The number of furan rings is 2. The van der Waals surface area contributed by atoms with E-state index in [1.54, 1.807) is 61.0 Å². The molecular formula is C93H75N21O8S. The number of carbonyl (C=O) groups excluding carboxylic acids is 2. The van der Waals surface area contributed by atoms with Gasteiger partial charge in [0.15, 0.2) is 34.1 Å². The summed E-state index contributed by atoms with van der Waals surface area (Å²) in [6.07, 6.45) is 16.4. The molecule has 0 radical (unpaired) electrons. The summed E-state index contributed by atoms with van der Waals surface area (Å²) in [5.74, 6) is 6.49. The van der Waals surface area contributed by atoms with Crippen molar-refractivity contribution < 1.29 is 37.4 Å². The molecule has 8 aromatic carbocycles. The summed E-state index contributed by atoms with van der Waals surface area (Å²) in [4.78, 5) is 59.5. The van der Waals surface area contributed by atoms with Crippen molar-refractivity contribution in [3.8, 4) is 102 Å². The second-order valence-electron chi connectivity index (χ2n) is 27.5. The molecule has 1 aliphatic carbocycles. The van der Waals surface area contributed by atoms with Gasteiger partial charge in [0.1, 0.15) is 83.0 Å². The molecule has 0 unspecified atom stereocenters. The maximum absolute atomic E-state index is 12.0. The van der Waals surface area contributed by atoms with Crippen LogP contribution in [0.5, 0.6) is 23.0 Å². The highest BCUT2D eigenvalue weighted by atomic mass is 32.1. The van der Waals surface area contributed by atoms with Gasteiger partial charge in [-0.1, -0.05) is 146 Å². The quantitative estimate of drug-likeness (QED) is 0.0285. The van der Waals surface area contributed by atoms with Gasteiger partial charge in [-0.05, 0) is 143 Å². The van der Waals surface area contributed by atoms with Gasteiger partial charge in [0.25, 0.3) is 5.91 Å². The number of aromatic nitrogens is 16. The minimum absolute atomic E-state index is 0.00210. The molecule has 0 atom stereocenters. The second kappa shape index (κ2) is 36.0. The number of Topliss-reactive ketones (excluding diaryl/α,β-unsaturated/α-hetero) is 1. The Morgan fingerprint density at radius 2 is 0.772 bits per heavy atom. The lowest BCUT2D eigenvalue weighted by molar-refractivity contribution is 0.0965. The van der Waals surface area contributed by atoms with E-state index in [0.29, 0.717) is 85.0 Å². The number of amides is 1. The normalized spacial score (nSPS) is 11.4. The molecule has 1 aliphatic rings. The zero-order valence-corrected chi connectivity index (χ0v) is 67.6. The van der Waals surface area contributed by atoms with Gasteiger partial charge in [0, 0.05) is 34.7 Å². The summed E-state index contributed by atoms with van der Waals surface area (Å²) in [6, 6.07) is 70.9. The Balaban J connectivity index is 0.000000117. The van der Waals surface area contributed by atoms with Crippen LogP contribution >= 0.6 is 11.3 Å². The van der Waals surface area contributed by atoms with Crippen LogP contribution in [-0.4, -0.2) is 128 Å². The molecule has 123 heavy (non-hydrogen) atoms. The minimum atomic E-state index is -0.132. The number of nitrogens with one attached hydrogen (secondary N) is 9. The molecular weight excluding hydrogens is 1570 g/mol. The van der Waals surface area contributed by atoms with Gasteiger partial charge in [0.2, 0.25) is 0 Å². The lowest BCUT2D eigenvalue weighted by Gasteiger charge is -2.13. The molecule has 0 spiro atoms. The molecule has 1 amide bonds. The molecule has 0 bridgehead atoms. The van der Waals surface area contributed by atoms with Crippen LogP contribution in [0.4, 0.5) is 46.0 Å². The van der Waals surface area contributed by atoms with E-state index in [1.807, 2.05) is 175 Å². The molecule has 0 aliphatic heterocycles. The van der Waals surface area contributed by atoms with E-state index < -0.39 is 0 Å². The highest BCUT2D eigenvalue weighted by molar-refractivity contribution is 7.12. The van der Waals surface area contributed by atoms with Crippen LogP contribution < -0.4 is 45.5 Å². The number of carbonyl (C=O) groups is 2. The largest absolute Gasteiger partial charge is 0.495 e. The summed E-state index contributed by atoms with van der Waals surface area (Å²) in [5, 5.41) is 50.6. The zero-order chi connectivity index (χ0) is 84.1. The molecule has 0 saturated heterocycles. The van der Waals surface area contributed by atoms with E-state index in [4.69, 9.17) is 27.8 Å². The molecule has 11 heterocycles. The van der Waals surface area contributed by atoms with Crippen LogP contribution in [0.15, 0.2) is 289 Å². The van der Waals surface area contributed by atoms with Crippen molar-refractivity contribution in [1.29, 1.82) is 0 Å². The average molecular weight is 1650 g/mol. The fraction of sp³-hybridized carbons (Fsp3) is 0.0753. The molecule has 9 N–H and O–H groups in total. The first kappa shape index (κ1) is 78.7. The predicted molar refractivity (Wildman–Crippen MR) is 477 cm³/mol. The first-order valence-corrected chi connectivity index (χ1v) is 39.5. The van der Waals surface area contributed by atoms with Crippen molar-refractivity contribution in [1.82, 2.24) is 86.0 Å². The third kappa shape index (κ3) is 17.0. The summed E-state index contributed by atoms with van der Waals surface area (Å²) in [5.41, 5.74) is 19.2. The lowest BCUT2D eigenvalue weighted by Crippen LogP contribution is -2.15. The van der Waals surface area contributed by atoms with Gasteiger partial charge in [-0.2, -0.15) is 20.4 Å². The number of anilines is 8. The summed E-state index contributed by atoms with van der Waals surface area (Å²) < 4.78 is 33.3. The number of ether oxygens (including phenoxy) is 4. The highest BCUT2D eigenvalue weighted by Crippen LogP contribution is 2.43. The molecule has 606 valence electrons. The third-order valence-corrected chi connectivity index (χ3v) is 21.0. The highest BCUT2D eigenvalue weighted by Gasteiger charge is 2.24. The van der Waals surface area contributed by atoms with Crippen molar-refractivity contribution in [2.24, 2.45) is 0 Å². The zero-order valence-electron chi connectivity index (χ0n) is 66.8. The molecule has 0 saturated carbocycles. The van der Waals surface area contributed by atoms with Gasteiger partial charge in [0.05, 0.1) is 107 Å². The number of rotatable bonds is 22. The number of H-pyrrole nitrogens is 4. The van der Waals surface area contributed by atoms with Crippen molar-refractivity contribution in [2.45, 2.75) is 13.3 Å². The van der Waals surface area contributed by atoms with Crippen LogP contribution in [0, 0.1) is 0 Å². The topological polar surface area (TPSA) is 375 Å². The van der Waals surface area contributed by atoms with Crippen molar-refractivity contribution >= 4 is 119 Å². The van der Waals surface area contributed by atoms with Gasteiger partial charge in [-0.15, -0.1) is 11.3 Å². The SMILES string of the molecule is CNC(=O)c1cc(-c2[nH]nc3ncnc(Nc4cc(-c5ccccc5)ccc4OC)c23)cs1.COc1ccc(-c2ccccc2)cc1Nc1ncnc2n[nH]c(-c3cccc(C(C)=O)c3)c12.COc1ccc(-c2ccccc2)cc1Nc1ncnc2n[nH]c(C3=CCC=C3)c12.COc1ccc(-c2ccco2)cc1Nc1ncnc2n[nH]c(-c3ccco3)c12. The van der Waals surface area contributed by atoms with E-state index >= 15 is 0 Å². The number of nitrogens with zero attached hydrogens (tertiary/aromatic N) is 12. The van der Waals surface area contributed by atoms with Crippen LogP contribution in [-0.2, 0) is 0 Å². The van der Waals surface area contributed by atoms with E-state index in [0.717, 1.165) is 135 Å². The molecule has 29 nitrogen and oxygen atoms in total. The monoisotopic (exact) mass is 1650 g/mol. The standard InChI is InChI=1S/C26H21N5O2.C24H20N6O2S.C23H19N5O.C20H15N5O3/c1-16(32)18-9-6-10-20(13-18)24-23-25(27-15-28-26(23)31-30-24)29-21-14-19(11-12-22(21)33-2)17-7-4-3-5-8-17;1-25-24(31)19-11-16(12-33-19)21-20-22(26-13-27-23(20)30-29-21)28-17-10-15(8-9-18(17)32-2)14-6-4-3-5-7-14;1-29-19-12-11-17(15-7-3-2-4-8-15)13-18(19)26-22-20-21(16-9-5-6-10-16)27-28-23(20)25-14-24-22;1-26-15-7-6-12(14-4-2-8-27-14)10-13(15)23-19-17-18(16-5-3-9-28-16)24-25-20(17)22-11-21-19/h3-15H,1-2H3,(H2,27,28,29,30,31);3-13H,1-2H3,(H,25,31)(H2,26,27,28,29,30);2-5,7-14H,6H2,1H3,(H2,24,25,26,27,28);2-11H,1H3,(H2,21,22,23,24,25). The molecule has 19 aromatic rings. The Bertz CT molecular complexity index is 7050. The van der Waals surface area contributed by atoms with Gasteiger partial charge >= 0.3 is 0 Å². The third-order valence-electron chi connectivity index (χ3n) is 20.1. The second-order valence-corrected chi connectivity index (χ2v) is 28.4. The lowest BCUT2D eigenvalue weighted by atomic mass is 10.0. The Kier molecular flexibility index (Phi) is 23.0. The Morgan fingerprint density at radius 3 is 1.18 bits per heavy atom. The first-order chi connectivity index (χ1) is 60.5. The Labute approximate surface area is 705 Å². The fourth-order valence-corrected chi connectivity index (χ4v) is 14.9. The molecule has 20 rings (SSSR count). The number of aromatic amines is 4. The smallest absolute Gasteiger partial charge is 0.261 e. The maximum Gasteiger partial charge on any atom is 0.261 e. The average Bonchev–Trinajstić information content (AvgIpc) is 1.66. The number of hydrogen-bond donors (Lipinski definition) is 9. The molecule has 11 aromatic heterocycles. The van der Waals surface area contributed by atoms with Gasteiger partial charge < -0.3 is 54.4 Å². The summed E-state index contributed by atoms with van der Waals surface area (Å²) >= 11 is 1.36. The number of methoxy groups -OCH3 is 4. The van der Waals surface area contributed by atoms with Gasteiger partial charge in [-0.25, -0.2) is 39.9 Å². The van der Waals surface area contributed by atoms with Gasteiger partial charge in [-0.3, -0.25) is 30.0 Å². The van der Waals surface area contributed by atoms with Crippen molar-refractivity contribution in [2.75, 3.05) is 56.8 Å². The number of ketones is 1. The Hall–Kier alpha value is -16.8. The van der Waals surface area contributed by atoms with Crippen molar-refractivity contribution in [3.63, 3.8) is 0 Å².